The Morgan fingerprint density at radius 3 is 2.24 bits per heavy atom. The SMILES string of the molecule is CCCCC/C=C\C/C=C\CC/C=C/CSC(C)C(=O)O. The van der Waals surface area contributed by atoms with E-state index in [-0.39, 0.29) is 5.25 Å². The average Bonchev–Trinajstić information content (AvgIpc) is 2.47. The number of carboxylic acid groups (broad SMARTS) is 1. The first-order chi connectivity index (χ1) is 10.2. The molecule has 0 heterocycles. The van der Waals surface area contributed by atoms with Gasteiger partial charge in [0.25, 0.3) is 0 Å². The number of carbonyl (C=O) groups is 1. The molecule has 0 saturated heterocycles. The Hall–Kier alpha value is -0.960. The number of hydrogen-bond acceptors (Lipinski definition) is 2. The van der Waals surface area contributed by atoms with Gasteiger partial charge in [-0.2, -0.15) is 0 Å². The minimum Gasteiger partial charge on any atom is -0.480 e. The van der Waals surface area contributed by atoms with E-state index in [1.165, 1.54) is 37.4 Å². The molecular formula is C18H30O2S. The largest absolute Gasteiger partial charge is 0.480 e. The van der Waals surface area contributed by atoms with Crippen LogP contribution in [0, 0.1) is 0 Å². The molecule has 0 fully saturated rings. The zero-order valence-electron chi connectivity index (χ0n) is 13.5. The van der Waals surface area contributed by atoms with Crippen molar-refractivity contribution in [3.05, 3.63) is 36.5 Å². The van der Waals surface area contributed by atoms with Gasteiger partial charge in [-0.15, -0.1) is 11.8 Å². The fraction of sp³-hybridized carbons (Fsp3) is 0.611. The Balaban J connectivity index is 3.41. The predicted molar refractivity (Wildman–Crippen MR) is 95.0 cm³/mol. The molecule has 0 aliphatic heterocycles. The van der Waals surface area contributed by atoms with Gasteiger partial charge in [0.05, 0.1) is 5.25 Å². The highest BCUT2D eigenvalue weighted by Gasteiger charge is 2.08. The topological polar surface area (TPSA) is 37.3 Å². The number of unbranched alkanes of at least 4 members (excludes halogenated alkanes) is 4. The van der Waals surface area contributed by atoms with Crippen molar-refractivity contribution in [1.29, 1.82) is 0 Å². The van der Waals surface area contributed by atoms with Crippen molar-refractivity contribution in [1.82, 2.24) is 0 Å². The molecule has 3 heteroatoms. The summed E-state index contributed by atoms with van der Waals surface area (Å²) in [5.41, 5.74) is 0. The lowest BCUT2D eigenvalue weighted by atomic mass is 10.2. The zero-order chi connectivity index (χ0) is 15.8. The van der Waals surface area contributed by atoms with Gasteiger partial charge < -0.3 is 5.11 Å². The van der Waals surface area contributed by atoms with Crippen LogP contribution in [0.2, 0.25) is 0 Å². The van der Waals surface area contributed by atoms with E-state index in [2.05, 4.69) is 43.4 Å². The van der Waals surface area contributed by atoms with Gasteiger partial charge in [-0.05, 0) is 39.0 Å². The highest BCUT2D eigenvalue weighted by Crippen LogP contribution is 2.10. The Kier molecular flexibility index (Phi) is 14.7. The van der Waals surface area contributed by atoms with E-state index in [0.717, 1.165) is 25.0 Å². The maximum Gasteiger partial charge on any atom is 0.316 e. The quantitative estimate of drug-likeness (QED) is 0.355. The van der Waals surface area contributed by atoms with Crippen molar-refractivity contribution in [3.63, 3.8) is 0 Å². The molecule has 0 amide bonds. The summed E-state index contributed by atoms with van der Waals surface area (Å²) in [7, 11) is 0. The first-order valence-electron chi connectivity index (χ1n) is 7.97. The van der Waals surface area contributed by atoms with E-state index >= 15 is 0 Å². The van der Waals surface area contributed by atoms with Crippen LogP contribution in [-0.2, 0) is 4.79 Å². The van der Waals surface area contributed by atoms with E-state index < -0.39 is 5.97 Å². The van der Waals surface area contributed by atoms with Gasteiger partial charge in [-0.1, -0.05) is 56.2 Å². The van der Waals surface area contributed by atoms with Crippen molar-refractivity contribution >= 4 is 17.7 Å². The minimum absolute atomic E-state index is 0.321. The van der Waals surface area contributed by atoms with Crippen molar-refractivity contribution in [3.8, 4) is 0 Å². The van der Waals surface area contributed by atoms with Crippen LogP contribution >= 0.6 is 11.8 Å². The van der Waals surface area contributed by atoms with Gasteiger partial charge in [0.1, 0.15) is 0 Å². The zero-order valence-corrected chi connectivity index (χ0v) is 14.3. The van der Waals surface area contributed by atoms with Crippen LogP contribution in [0.15, 0.2) is 36.5 Å². The summed E-state index contributed by atoms with van der Waals surface area (Å²) < 4.78 is 0. The van der Waals surface area contributed by atoms with Crippen LogP contribution in [0.1, 0.15) is 58.8 Å². The van der Waals surface area contributed by atoms with Crippen LogP contribution in [0.4, 0.5) is 0 Å². The summed E-state index contributed by atoms with van der Waals surface area (Å²) in [6, 6.07) is 0. The van der Waals surface area contributed by atoms with Gasteiger partial charge in [-0.3, -0.25) is 4.79 Å². The molecule has 0 spiro atoms. The van der Waals surface area contributed by atoms with E-state index in [4.69, 9.17) is 5.11 Å². The second-order valence-electron chi connectivity index (χ2n) is 5.04. The number of thioether (sulfide) groups is 1. The maximum atomic E-state index is 10.6. The molecule has 0 aliphatic rings. The van der Waals surface area contributed by atoms with Crippen LogP contribution in [0.25, 0.3) is 0 Å². The molecule has 1 N–H and O–H groups in total. The summed E-state index contributed by atoms with van der Waals surface area (Å²) in [6.07, 6.45) is 21.4. The van der Waals surface area contributed by atoms with Crippen molar-refractivity contribution in [2.45, 2.75) is 64.0 Å². The predicted octanol–water partition coefficient (Wildman–Crippen LogP) is 5.61. The van der Waals surface area contributed by atoms with E-state index in [1.807, 2.05) is 0 Å². The minimum atomic E-state index is -0.737. The molecular weight excluding hydrogens is 280 g/mol. The van der Waals surface area contributed by atoms with Crippen LogP contribution in [-0.4, -0.2) is 22.1 Å². The van der Waals surface area contributed by atoms with Crippen LogP contribution in [0.5, 0.6) is 0 Å². The van der Waals surface area contributed by atoms with Crippen molar-refractivity contribution < 1.29 is 9.90 Å². The Morgan fingerprint density at radius 1 is 1.00 bits per heavy atom. The van der Waals surface area contributed by atoms with Gasteiger partial charge in [0.15, 0.2) is 0 Å². The average molecular weight is 311 g/mol. The molecule has 0 saturated carbocycles. The molecule has 0 aliphatic carbocycles. The summed E-state index contributed by atoms with van der Waals surface area (Å²) in [5.74, 6) is 0.0385. The fourth-order valence-corrected chi connectivity index (χ4v) is 2.35. The number of hydrogen-bond donors (Lipinski definition) is 1. The lowest BCUT2D eigenvalue weighted by Gasteiger charge is -2.01. The first kappa shape index (κ1) is 20.0. The molecule has 1 atom stereocenters. The molecule has 0 bridgehead atoms. The van der Waals surface area contributed by atoms with Crippen LogP contribution < -0.4 is 0 Å². The number of allylic oxidation sites excluding steroid dienone is 5. The lowest BCUT2D eigenvalue weighted by Crippen LogP contribution is -2.11. The third kappa shape index (κ3) is 15.3. The van der Waals surface area contributed by atoms with E-state index in [0.29, 0.717) is 0 Å². The molecule has 21 heavy (non-hydrogen) atoms. The highest BCUT2D eigenvalue weighted by atomic mass is 32.2. The number of carboxylic acids is 1. The highest BCUT2D eigenvalue weighted by molar-refractivity contribution is 8.00. The second-order valence-corrected chi connectivity index (χ2v) is 6.41. The van der Waals surface area contributed by atoms with Gasteiger partial charge >= 0.3 is 5.97 Å². The van der Waals surface area contributed by atoms with Crippen molar-refractivity contribution in [2.75, 3.05) is 5.75 Å². The van der Waals surface area contributed by atoms with Crippen molar-refractivity contribution in [2.24, 2.45) is 0 Å². The Labute approximate surface area is 134 Å². The standard InChI is InChI=1S/C18H30O2S/c1-3-4-5-6-7-8-9-10-11-12-13-14-15-16-21-17(2)18(19)20/h7-8,10-11,14-15,17H,3-6,9,12-13,16H2,1-2H3,(H,19,20)/b8-7-,11-10-,15-14+. The number of rotatable bonds is 13. The molecule has 0 rings (SSSR count). The molecule has 0 aromatic heterocycles. The first-order valence-corrected chi connectivity index (χ1v) is 9.02. The lowest BCUT2D eigenvalue weighted by molar-refractivity contribution is -0.136. The summed E-state index contributed by atoms with van der Waals surface area (Å²) in [4.78, 5) is 10.6. The number of aliphatic carboxylic acids is 1. The molecule has 120 valence electrons. The monoisotopic (exact) mass is 310 g/mol. The summed E-state index contributed by atoms with van der Waals surface area (Å²) in [5, 5.41) is 8.41. The summed E-state index contributed by atoms with van der Waals surface area (Å²) in [6.45, 7) is 3.95. The van der Waals surface area contributed by atoms with E-state index in [1.54, 1.807) is 6.92 Å². The fourth-order valence-electron chi connectivity index (χ4n) is 1.67. The third-order valence-electron chi connectivity index (χ3n) is 3.04. The normalized spacial score (nSPS) is 13.6. The summed E-state index contributed by atoms with van der Waals surface area (Å²) >= 11 is 1.45. The molecule has 1 unspecified atom stereocenters. The molecule has 0 aromatic rings. The van der Waals surface area contributed by atoms with Gasteiger partial charge in [-0.25, -0.2) is 0 Å². The third-order valence-corrected chi connectivity index (χ3v) is 4.12. The van der Waals surface area contributed by atoms with Gasteiger partial charge in [0, 0.05) is 5.75 Å². The molecule has 0 aromatic carbocycles. The molecule has 0 radical (unpaired) electrons. The maximum absolute atomic E-state index is 10.6. The van der Waals surface area contributed by atoms with Gasteiger partial charge in [0.2, 0.25) is 0 Å². The smallest absolute Gasteiger partial charge is 0.316 e. The Morgan fingerprint density at radius 2 is 1.62 bits per heavy atom. The Bertz CT molecular complexity index is 332. The van der Waals surface area contributed by atoms with Crippen LogP contribution in [0.3, 0.4) is 0 Å². The van der Waals surface area contributed by atoms with E-state index in [9.17, 15) is 4.79 Å². The second kappa shape index (κ2) is 15.4. The molecule has 2 nitrogen and oxygen atoms in total.